The number of piperidine rings is 1. The van der Waals surface area contributed by atoms with Crippen molar-refractivity contribution in [3.63, 3.8) is 0 Å². The van der Waals surface area contributed by atoms with Gasteiger partial charge in [0.15, 0.2) is 5.82 Å². The first-order valence-corrected chi connectivity index (χ1v) is 10.8. The van der Waals surface area contributed by atoms with Crippen molar-refractivity contribution in [2.75, 3.05) is 18.4 Å². The molecule has 0 unspecified atom stereocenters. The predicted octanol–water partition coefficient (Wildman–Crippen LogP) is 5.24. The molecule has 1 aromatic heterocycles. The summed E-state index contributed by atoms with van der Waals surface area (Å²) in [5.74, 6) is 1.94. The summed E-state index contributed by atoms with van der Waals surface area (Å²) in [6.07, 6.45) is 1.96. The van der Waals surface area contributed by atoms with Crippen molar-refractivity contribution in [2.45, 2.75) is 52.1 Å². The first-order chi connectivity index (χ1) is 14.2. The van der Waals surface area contributed by atoms with E-state index in [1.54, 1.807) is 6.07 Å². The largest absolute Gasteiger partial charge is 0.350 e. The molecule has 9 heteroatoms. The quantitative estimate of drug-likeness (QED) is 0.440. The van der Waals surface area contributed by atoms with Crippen LogP contribution in [0.2, 0.25) is 10.0 Å². The fourth-order valence-electron chi connectivity index (χ4n) is 3.46. The van der Waals surface area contributed by atoms with E-state index in [1.165, 1.54) is 0 Å². The van der Waals surface area contributed by atoms with Crippen molar-refractivity contribution in [2.24, 2.45) is 9.98 Å². The highest BCUT2D eigenvalue weighted by Gasteiger charge is 2.24. The highest BCUT2D eigenvalue weighted by molar-refractivity contribution is 6.35. The minimum absolute atomic E-state index is 0.188. The summed E-state index contributed by atoms with van der Waals surface area (Å²) in [5.41, 5.74) is 1.39. The van der Waals surface area contributed by atoms with Gasteiger partial charge in [-0.3, -0.25) is 4.57 Å². The Labute approximate surface area is 188 Å². The van der Waals surface area contributed by atoms with Crippen LogP contribution < -0.4 is 16.0 Å². The second-order valence-corrected chi connectivity index (χ2v) is 9.32. The Bertz CT molecular complexity index is 917. The van der Waals surface area contributed by atoms with E-state index in [2.05, 4.69) is 53.0 Å². The molecule has 30 heavy (non-hydrogen) atoms. The summed E-state index contributed by atoms with van der Waals surface area (Å²) < 4.78 is 2.15. The predicted molar refractivity (Wildman–Crippen MR) is 127 cm³/mol. The van der Waals surface area contributed by atoms with Crippen molar-refractivity contribution in [3.05, 3.63) is 33.9 Å². The Hall–Kier alpha value is -2.09. The maximum atomic E-state index is 6.18. The fourth-order valence-corrected chi connectivity index (χ4v) is 3.99. The number of rotatable bonds is 4. The van der Waals surface area contributed by atoms with Crippen LogP contribution in [0.5, 0.6) is 0 Å². The van der Waals surface area contributed by atoms with Crippen LogP contribution >= 0.6 is 23.2 Å². The lowest BCUT2D eigenvalue weighted by Gasteiger charge is -2.27. The summed E-state index contributed by atoms with van der Waals surface area (Å²) in [4.78, 5) is 13.7. The Morgan fingerprint density at radius 1 is 1.20 bits per heavy atom. The number of nitrogens with zero attached hydrogens (tertiary/aromatic N) is 4. The molecule has 0 saturated carbocycles. The second-order valence-electron chi connectivity index (χ2n) is 8.45. The summed E-state index contributed by atoms with van der Waals surface area (Å²) in [7, 11) is 0. The molecular formula is C21H29Cl2N7. The van der Waals surface area contributed by atoms with E-state index in [1.807, 2.05) is 19.1 Å². The molecule has 162 valence electrons. The standard InChI is InChI=1S/C21H29Cl2N7/c1-13-18(28-19(24-5)29-21(2,3)4)30(17-6-8-25-9-7-17)20(26-13)27-16-11-14(22)10-15(23)12-16/h10-12,17,25H,5-9H2,1-4H3,(H,26,27)(H,28,29). The molecule has 0 radical (unpaired) electrons. The number of aromatic nitrogens is 2. The molecule has 2 aromatic rings. The van der Waals surface area contributed by atoms with Gasteiger partial charge in [0.25, 0.3) is 0 Å². The van der Waals surface area contributed by atoms with Crippen LogP contribution in [0.15, 0.2) is 28.2 Å². The van der Waals surface area contributed by atoms with E-state index in [0.29, 0.717) is 22.0 Å². The number of guanidine groups is 1. The van der Waals surface area contributed by atoms with Crippen LogP contribution in [0, 0.1) is 6.92 Å². The number of imidazole rings is 1. The fraction of sp³-hybridized carbons (Fsp3) is 0.476. The molecule has 1 aliphatic rings. The van der Waals surface area contributed by atoms with Gasteiger partial charge in [-0.2, -0.15) is 4.99 Å². The zero-order valence-electron chi connectivity index (χ0n) is 17.9. The Morgan fingerprint density at radius 3 is 2.40 bits per heavy atom. The summed E-state index contributed by atoms with van der Waals surface area (Å²) in [6.45, 7) is 13.7. The summed E-state index contributed by atoms with van der Waals surface area (Å²) in [6, 6.07) is 5.61. The number of halogens is 2. The van der Waals surface area contributed by atoms with Crippen LogP contribution in [0.3, 0.4) is 0 Å². The van der Waals surface area contributed by atoms with Crippen molar-refractivity contribution < 1.29 is 0 Å². The van der Waals surface area contributed by atoms with Gasteiger partial charge < -0.3 is 16.0 Å². The van der Waals surface area contributed by atoms with Crippen molar-refractivity contribution >= 4 is 53.3 Å². The first-order valence-electron chi connectivity index (χ1n) is 10.0. The van der Waals surface area contributed by atoms with Crippen LogP contribution in [0.4, 0.5) is 17.5 Å². The first kappa shape index (κ1) is 22.6. The van der Waals surface area contributed by atoms with Gasteiger partial charge in [-0.05, 0) is 78.5 Å². The van der Waals surface area contributed by atoms with E-state index in [-0.39, 0.29) is 11.6 Å². The number of hydrogen-bond donors (Lipinski definition) is 3. The molecule has 1 aliphatic heterocycles. The SMILES string of the molecule is C=N/C(=N\c1c(C)nc(Nc2cc(Cl)cc(Cl)c2)n1C1CCNCC1)NC(C)(C)C. The Balaban J connectivity index is 2.06. The average Bonchev–Trinajstić information content (AvgIpc) is 2.94. The highest BCUT2D eigenvalue weighted by atomic mass is 35.5. The summed E-state index contributed by atoms with van der Waals surface area (Å²) >= 11 is 12.4. The van der Waals surface area contributed by atoms with Crippen molar-refractivity contribution in [1.82, 2.24) is 20.2 Å². The minimum atomic E-state index is -0.188. The Morgan fingerprint density at radius 2 is 1.83 bits per heavy atom. The van der Waals surface area contributed by atoms with E-state index in [4.69, 9.17) is 33.2 Å². The number of benzene rings is 1. The van der Waals surface area contributed by atoms with E-state index < -0.39 is 0 Å². The minimum Gasteiger partial charge on any atom is -0.350 e. The van der Waals surface area contributed by atoms with Crippen LogP contribution in [0.25, 0.3) is 0 Å². The van der Waals surface area contributed by atoms with Gasteiger partial charge in [0, 0.05) is 27.3 Å². The lowest BCUT2D eigenvalue weighted by molar-refractivity contribution is 0.373. The number of aliphatic imine (C=N–C) groups is 2. The van der Waals surface area contributed by atoms with Crippen LogP contribution in [-0.2, 0) is 0 Å². The lowest BCUT2D eigenvalue weighted by Crippen LogP contribution is -2.39. The van der Waals surface area contributed by atoms with Crippen molar-refractivity contribution in [3.8, 4) is 0 Å². The highest BCUT2D eigenvalue weighted by Crippen LogP contribution is 2.35. The zero-order valence-corrected chi connectivity index (χ0v) is 19.4. The van der Waals surface area contributed by atoms with Crippen molar-refractivity contribution in [1.29, 1.82) is 0 Å². The van der Waals surface area contributed by atoms with Gasteiger partial charge in [-0.25, -0.2) is 9.98 Å². The number of aryl methyl sites for hydroxylation is 1. The molecular weight excluding hydrogens is 421 g/mol. The lowest BCUT2D eigenvalue weighted by atomic mass is 10.1. The molecule has 0 atom stereocenters. The molecule has 3 N–H and O–H groups in total. The molecule has 0 aliphatic carbocycles. The van der Waals surface area contributed by atoms with Gasteiger partial charge in [0.05, 0.1) is 5.69 Å². The third-order valence-corrected chi connectivity index (χ3v) is 5.13. The van der Waals surface area contributed by atoms with Gasteiger partial charge in [0.2, 0.25) is 11.9 Å². The topological polar surface area (TPSA) is 78.6 Å². The monoisotopic (exact) mass is 449 g/mol. The number of hydrogen-bond acceptors (Lipinski definition) is 4. The molecule has 3 rings (SSSR count). The maximum Gasteiger partial charge on any atom is 0.224 e. The normalized spacial score (nSPS) is 15.9. The smallest absolute Gasteiger partial charge is 0.224 e. The van der Waals surface area contributed by atoms with E-state index in [9.17, 15) is 0 Å². The van der Waals surface area contributed by atoms with Gasteiger partial charge in [-0.15, -0.1) is 0 Å². The molecule has 1 aromatic carbocycles. The van der Waals surface area contributed by atoms with Gasteiger partial charge in [0.1, 0.15) is 0 Å². The molecule has 2 heterocycles. The van der Waals surface area contributed by atoms with Gasteiger partial charge >= 0.3 is 0 Å². The van der Waals surface area contributed by atoms with E-state index >= 15 is 0 Å². The third-order valence-electron chi connectivity index (χ3n) is 4.69. The molecule has 1 saturated heterocycles. The number of nitrogens with one attached hydrogen (secondary N) is 3. The maximum absolute atomic E-state index is 6.18. The zero-order chi connectivity index (χ0) is 21.9. The molecule has 0 amide bonds. The molecule has 0 bridgehead atoms. The molecule has 0 spiro atoms. The molecule has 7 nitrogen and oxygen atoms in total. The summed E-state index contributed by atoms with van der Waals surface area (Å²) in [5, 5.41) is 11.2. The van der Waals surface area contributed by atoms with Crippen LogP contribution in [-0.4, -0.2) is 40.9 Å². The number of anilines is 2. The average molecular weight is 450 g/mol. The third kappa shape index (κ3) is 5.74. The second kappa shape index (κ2) is 9.37. The van der Waals surface area contributed by atoms with E-state index in [0.717, 1.165) is 43.1 Å². The van der Waals surface area contributed by atoms with Crippen LogP contribution in [0.1, 0.15) is 45.3 Å². The molecule has 1 fully saturated rings. The van der Waals surface area contributed by atoms with Gasteiger partial charge in [-0.1, -0.05) is 23.2 Å². The Kier molecular flexibility index (Phi) is 7.06.